The minimum atomic E-state index is -0.338. The van der Waals surface area contributed by atoms with Gasteiger partial charge in [0.2, 0.25) is 0 Å². The zero-order valence-electron chi connectivity index (χ0n) is 13.9. The summed E-state index contributed by atoms with van der Waals surface area (Å²) in [6.07, 6.45) is 8.53. The molecule has 1 atom stereocenters. The lowest BCUT2D eigenvalue weighted by molar-refractivity contribution is -0.0293. The van der Waals surface area contributed by atoms with Crippen LogP contribution in [0, 0.1) is 0 Å². The molecule has 0 saturated carbocycles. The van der Waals surface area contributed by atoms with Gasteiger partial charge >= 0.3 is 0 Å². The normalized spacial score (nSPS) is 19.1. The van der Waals surface area contributed by atoms with Crippen molar-refractivity contribution in [1.82, 2.24) is 15.3 Å². The molecule has 1 aliphatic rings. The van der Waals surface area contributed by atoms with E-state index < -0.39 is 0 Å². The van der Waals surface area contributed by atoms with Crippen LogP contribution in [-0.4, -0.2) is 23.6 Å². The molecule has 1 unspecified atom stereocenters. The van der Waals surface area contributed by atoms with Gasteiger partial charge in [-0.05, 0) is 38.6 Å². The van der Waals surface area contributed by atoms with E-state index in [9.17, 15) is 0 Å². The summed E-state index contributed by atoms with van der Waals surface area (Å²) in [4.78, 5) is 9.59. The van der Waals surface area contributed by atoms with Gasteiger partial charge in [0, 0.05) is 30.6 Å². The summed E-state index contributed by atoms with van der Waals surface area (Å²) >= 11 is 0. The first-order valence-electron chi connectivity index (χ1n) is 8.35. The molecule has 21 heavy (non-hydrogen) atoms. The van der Waals surface area contributed by atoms with Gasteiger partial charge in [-0.3, -0.25) is 0 Å². The number of nitrogens with zero attached hydrogens (tertiary/aromatic N) is 2. The molecule has 1 aromatic rings. The monoisotopic (exact) mass is 291 g/mol. The molecule has 1 aliphatic carbocycles. The molecule has 0 radical (unpaired) electrons. The molecule has 4 nitrogen and oxygen atoms in total. The van der Waals surface area contributed by atoms with Gasteiger partial charge in [-0.1, -0.05) is 27.2 Å². The van der Waals surface area contributed by atoms with Crippen molar-refractivity contribution in [2.75, 3.05) is 13.7 Å². The molecule has 2 rings (SSSR count). The molecule has 0 fully saturated rings. The minimum Gasteiger partial charge on any atom is -0.370 e. The second-order valence-corrected chi connectivity index (χ2v) is 5.86. The van der Waals surface area contributed by atoms with E-state index in [0.29, 0.717) is 6.04 Å². The summed E-state index contributed by atoms with van der Waals surface area (Å²) in [7, 11) is 1.77. The first-order valence-corrected chi connectivity index (χ1v) is 8.35. The van der Waals surface area contributed by atoms with Crippen molar-refractivity contribution in [3.8, 4) is 0 Å². The Morgan fingerprint density at radius 1 is 1.29 bits per heavy atom. The maximum Gasteiger partial charge on any atom is 0.160 e. The molecule has 0 saturated heterocycles. The maximum atomic E-state index is 5.78. The van der Waals surface area contributed by atoms with Crippen LogP contribution in [0.5, 0.6) is 0 Å². The molecule has 1 N–H and O–H groups in total. The van der Waals surface area contributed by atoms with Crippen molar-refractivity contribution in [2.24, 2.45) is 0 Å². The number of methoxy groups -OCH3 is 1. The Kier molecular flexibility index (Phi) is 5.71. The van der Waals surface area contributed by atoms with E-state index in [1.807, 2.05) is 6.20 Å². The number of aromatic nitrogens is 2. The van der Waals surface area contributed by atoms with Crippen LogP contribution in [0.1, 0.15) is 76.0 Å². The van der Waals surface area contributed by atoms with Gasteiger partial charge in [0.1, 0.15) is 5.60 Å². The van der Waals surface area contributed by atoms with Crippen LogP contribution < -0.4 is 5.32 Å². The smallest absolute Gasteiger partial charge is 0.160 e. The fraction of sp³-hybridized carbons (Fsp3) is 0.765. The first kappa shape index (κ1) is 16.4. The molecular formula is C17H29N3O. The van der Waals surface area contributed by atoms with Crippen molar-refractivity contribution >= 4 is 0 Å². The van der Waals surface area contributed by atoms with E-state index in [-0.39, 0.29) is 5.60 Å². The topological polar surface area (TPSA) is 47.0 Å². The van der Waals surface area contributed by atoms with Gasteiger partial charge in [0.25, 0.3) is 0 Å². The highest BCUT2D eigenvalue weighted by molar-refractivity contribution is 5.24. The second kappa shape index (κ2) is 7.32. The average Bonchev–Trinajstić information content (AvgIpc) is 2.72. The van der Waals surface area contributed by atoms with Crippen molar-refractivity contribution < 1.29 is 4.74 Å². The van der Waals surface area contributed by atoms with E-state index in [1.54, 1.807) is 7.11 Å². The molecule has 4 heteroatoms. The lowest BCUT2D eigenvalue weighted by Gasteiger charge is -2.29. The fourth-order valence-electron chi connectivity index (χ4n) is 3.34. The lowest BCUT2D eigenvalue weighted by Crippen LogP contribution is -2.30. The third-order valence-corrected chi connectivity index (χ3v) is 4.82. The number of aryl methyl sites for hydroxylation is 1. The van der Waals surface area contributed by atoms with Gasteiger partial charge in [0.15, 0.2) is 5.82 Å². The van der Waals surface area contributed by atoms with Crippen LogP contribution in [0.4, 0.5) is 0 Å². The van der Waals surface area contributed by atoms with Gasteiger partial charge < -0.3 is 10.1 Å². The Balaban J connectivity index is 2.39. The first-order chi connectivity index (χ1) is 10.2. The van der Waals surface area contributed by atoms with Gasteiger partial charge in [-0.15, -0.1) is 0 Å². The zero-order valence-corrected chi connectivity index (χ0v) is 13.9. The highest BCUT2D eigenvalue weighted by Crippen LogP contribution is 2.33. The second-order valence-electron chi connectivity index (χ2n) is 5.86. The fourth-order valence-corrected chi connectivity index (χ4v) is 3.34. The predicted octanol–water partition coefficient (Wildman–Crippen LogP) is 3.52. The standard InChI is InChI=1S/C17H29N3O/c1-5-17(6-2,21-4)16-19-12-13-14(18-7-3)10-8-9-11-15(13)20-16/h12,14,18H,5-11H2,1-4H3. The molecule has 1 heterocycles. The number of rotatable bonds is 6. The molecule has 0 aromatic carbocycles. The van der Waals surface area contributed by atoms with Crippen LogP contribution in [0.15, 0.2) is 6.20 Å². The maximum absolute atomic E-state index is 5.78. The molecule has 0 spiro atoms. The molecule has 118 valence electrons. The Labute approximate surface area is 128 Å². The summed E-state index contributed by atoms with van der Waals surface area (Å²) < 4.78 is 5.78. The van der Waals surface area contributed by atoms with Crippen molar-refractivity contribution in [3.63, 3.8) is 0 Å². The Bertz CT molecular complexity index is 449. The van der Waals surface area contributed by atoms with E-state index >= 15 is 0 Å². The van der Waals surface area contributed by atoms with E-state index in [1.165, 1.54) is 30.5 Å². The average molecular weight is 291 g/mol. The number of hydrogen-bond acceptors (Lipinski definition) is 4. The van der Waals surface area contributed by atoms with Crippen LogP contribution >= 0.6 is 0 Å². The van der Waals surface area contributed by atoms with Gasteiger partial charge in [-0.2, -0.15) is 0 Å². The van der Waals surface area contributed by atoms with Crippen LogP contribution in [-0.2, 0) is 16.8 Å². The third kappa shape index (κ3) is 3.27. The van der Waals surface area contributed by atoms with Crippen LogP contribution in [0.3, 0.4) is 0 Å². The van der Waals surface area contributed by atoms with E-state index in [2.05, 4.69) is 31.1 Å². The lowest BCUT2D eigenvalue weighted by atomic mass is 9.95. The van der Waals surface area contributed by atoms with Crippen molar-refractivity contribution in [1.29, 1.82) is 0 Å². The van der Waals surface area contributed by atoms with Crippen molar-refractivity contribution in [3.05, 3.63) is 23.3 Å². The van der Waals surface area contributed by atoms with Gasteiger partial charge in [-0.25, -0.2) is 9.97 Å². The highest BCUT2D eigenvalue weighted by Gasteiger charge is 2.32. The Hall–Kier alpha value is -1.00. The molecule has 0 bridgehead atoms. The number of fused-ring (bicyclic) bond motifs is 1. The minimum absolute atomic E-state index is 0.338. The molecule has 0 amide bonds. The quantitative estimate of drug-likeness (QED) is 0.815. The summed E-state index contributed by atoms with van der Waals surface area (Å²) in [5, 5.41) is 3.57. The number of ether oxygens (including phenoxy) is 1. The summed E-state index contributed by atoms with van der Waals surface area (Å²) in [5.41, 5.74) is 2.16. The predicted molar refractivity (Wildman–Crippen MR) is 85.3 cm³/mol. The van der Waals surface area contributed by atoms with E-state index in [0.717, 1.165) is 31.6 Å². The van der Waals surface area contributed by atoms with Crippen molar-refractivity contribution in [2.45, 2.75) is 70.9 Å². The van der Waals surface area contributed by atoms with Crippen LogP contribution in [0.2, 0.25) is 0 Å². The van der Waals surface area contributed by atoms with Crippen LogP contribution in [0.25, 0.3) is 0 Å². The zero-order chi connectivity index (χ0) is 15.3. The third-order valence-electron chi connectivity index (χ3n) is 4.82. The Morgan fingerprint density at radius 2 is 2.05 bits per heavy atom. The largest absolute Gasteiger partial charge is 0.370 e. The Morgan fingerprint density at radius 3 is 2.67 bits per heavy atom. The van der Waals surface area contributed by atoms with Gasteiger partial charge in [0.05, 0.1) is 0 Å². The molecule has 1 aromatic heterocycles. The summed E-state index contributed by atoms with van der Waals surface area (Å²) in [6.45, 7) is 7.43. The number of hydrogen-bond donors (Lipinski definition) is 1. The summed E-state index contributed by atoms with van der Waals surface area (Å²) in [6, 6.07) is 0.404. The van der Waals surface area contributed by atoms with E-state index in [4.69, 9.17) is 9.72 Å². The summed E-state index contributed by atoms with van der Waals surface area (Å²) in [5.74, 6) is 0.853. The molecular weight excluding hydrogens is 262 g/mol. The molecule has 0 aliphatic heterocycles. The highest BCUT2D eigenvalue weighted by atomic mass is 16.5. The SMILES string of the molecule is CCNC1CCCCc2nc(C(CC)(CC)OC)ncc21. The number of nitrogens with one attached hydrogen (secondary N) is 1.